The molecule has 3 aromatic rings. The van der Waals surface area contributed by atoms with Crippen molar-refractivity contribution in [2.75, 3.05) is 0 Å². The van der Waals surface area contributed by atoms with Gasteiger partial charge in [-0.2, -0.15) is 0 Å². The number of allylic oxidation sites excluding steroid dienone is 1. The number of benzene rings is 3. The van der Waals surface area contributed by atoms with Crippen molar-refractivity contribution in [2.45, 2.75) is 26.2 Å². The minimum absolute atomic E-state index is 0.524. The van der Waals surface area contributed by atoms with Gasteiger partial charge in [0.25, 0.3) is 0 Å². The molecular weight excluding hydrogens is 288 g/mol. The fraction of sp³-hybridized carbons (Fsp3) is 0.167. The molecule has 3 aromatic carbocycles. The zero-order chi connectivity index (χ0) is 16.5. The van der Waals surface area contributed by atoms with E-state index in [9.17, 15) is 0 Å². The summed E-state index contributed by atoms with van der Waals surface area (Å²) in [5.41, 5.74) is 9.73. The van der Waals surface area contributed by atoms with Gasteiger partial charge in [-0.1, -0.05) is 86.6 Å². The molecule has 0 spiro atoms. The van der Waals surface area contributed by atoms with Crippen LogP contribution < -0.4 is 0 Å². The summed E-state index contributed by atoms with van der Waals surface area (Å²) < 4.78 is 0. The zero-order valence-corrected chi connectivity index (χ0v) is 14.3. The van der Waals surface area contributed by atoms with Crippen LogP contribution in [0.4, 0.5) is 0 Å². The van der Waals surface area contributed by atoms with Crippen molar-refractivity contribution in [1.82, 2.24) is 0 Å². The maximum atomic E-state index is 2.39. The smallest absolute Gasteiger partial charge is 0.00135 e. The van der Waals surface area contributed by atoms with Gasteiger partial charge in [-0.3, -0.25) is 0 Å². The Morgan fingerprint density at radius 3 is 2.21 bits per heavy atom. The summed E-state index contributed by atoms with van der Waals surface area (Å²) in [6.45, 7) is 4.54. The molecule has 0 bridgehead atoms. The molecule has 1 aliphatic carbocycles. The van der Waals surface area contributed by atoms with E-state index in [0.29, 0.717) is 5.92 Å². The maximum absolute atomic E-state index is 2.39. The zero-order valence-electron chi connectivity index (χ0n) is 14.3. The summed E-state index contributed by atoms with van der Waals surface area (Å²) in [4.78, 5) is 0. The Bertz CT molecular complexity index is 898. The van der Waals surface area contributed by atoms with Gasteiger partial charge in [-0.15, -0.1) is 0 Å². The van der Waals surface area contributed by atoms with Crippen LogP contribution in [0.25, 0.3) is 22.8 Å². The Hall–Kier alpha value is -2.60. The highest BCUT2D eigenvalue weighted by Crippen LogP contribution is 2.39. The molecular formula is C24H22. The lowest BCUT2D eigenvalue weighted by atomic mass is 9.89. The minimum atomic E-state index is 0.524. The lowest BCUT2D eigenvalue weighted by molar-refractivity contribution is 0.869. The third-order valence-electron chi connectivity index (χ3n) is 4.91. The summed E-state index contributed by atoms with van der Waals surface area (Å²) >= 11 is 0. The molecule has 0 fully saturated rings. The van der Waals surface area contributed by atoms with Crippen LogP contribution in [-0.2, 0) is 6.42 Å². The van der Waals surface area contributed by atoms with Crippen molar-refractivity contribution in [3.8, 4) is 11.1 Å². The molecule has 0 saturated carbocycles. The van der Waals surface area contributed by atoms with E-state index in [1.165, 1.54) is 39.0 Å². The molecule has 0 atom stereocenters. The summed E-state index contributed by atoms with van der Waals surface area (Å²) in [6.07, 6.45) is 3.41. The molecule has 0 amide bonds. The molecule has 0 aromatic heterocycles. The minimum Gasteiger partial charge on any atom is -0.0622 e. The Morgan fingerprint density at radius 1 is 0.708 bits per heavy atom. The average molecular weight is 310 g/mol. The molecule has 0 saturated heterocycles. The van der Waals surface area contributed by atoms with Gasteiger partial charge >= 0.3 is 0 Å². The Balaban J connectivity index is 1.85. The summed E-state index contributed by atoms with van der Waals surface area (Å²) in [7, 11) is 0. The van der Waals surface area contributed by atoms with Gasteiger partial charge in [-0.05, 0) is 57.4 Å². The van der Waals surface area contributed by atoms with Crippen LogP contribution in [0.5, 0.6) is 0 Å². The lowest BCUT2D eigenvalue weighted by Crippen LogP contribution is -1.94. The van der Waals surface area contributed by atoms with Gasteiger partial charge in [0.2, 0.25) is 0 Å². The molecule has 0 aliphatic heterocycles. The molecule has 4 rings (SSSR count). The van der Waals surface area contributed by atoms with E-state index in [4.69, 9.17) is 0 Å². The van der Waals surface area contributed by atoms with E-state index < -0.39 is 0 Å². The Kier molecular flexibility index (Phi) is 3.82. The first-order valence-electron chi connectivity index (χ1n) is 8.71. The van der Waals surface area contributed by atoms with Crippen molar-refractivity contribution in [3.05, 3.63) is 95.1 Å². The average Bonchev–Trinajstić information content (AvgIpc) is 3.06. The Labute approximate surface area is 144 Å². The van der Waals surface area contributed by atoms with Crippen molar-refractivity contribution in [3.63, 3.8) is 0 Å². The molecule has 0 radical (unpaired) electrons. The summed E-state index contributed by atoms with van der Waals surface area (Å²) in [6, 6.07) is 26.3. The first-order chi connectivity index (χ1) is 11.7. The van der Waals surface area contributed by atoms with E-state index in [-0.39, 0.29) is 0 Å². The third kappa shape index (κ3) is 2.59. The highest BCUT2D eigenvalue weighted by atomic mass is 14.2. The number of fused-ring (bicyclic) bond motifs is 1. The number of rotatable bonds is 3. The molecule has 24 heavy (non-hydrogen) atoms. The maximum Gasteiger partial charge on any atom is -0.00135 e. The molecule has 0 heteroatoms. The first kappa shape index (κ1) is 15.0. The van der Waals surface area contributed by atoms with Crippen LogP contribution in [-0.4, -0.2) is 0 Å². The first-order valence-corrected chi connectivity index (χ1v) is 8.71. The summed E-state index contributed by atoms with van der Waals surface area (Å²) in [5.74, 6) is 0.524. The molecule has 0 unspecified atom stereocenters. The van der Waals surface area contributed by atoms with Crippen molar-refractivity contribution >= 4 is 11.6 Å². The highest BCUT2D eigenvalue weighted by Gasteiger charge is 2.19. The van der Waals surface area contributed by atoms with Gasteiger partial charge in [0.1, 0.15) is 0 Å². The molecule has 0 nitrogen and oxygen atoms in total. The van der Waals surface area contributed by atoms with E-state index in [1.807, 2.05) is 0 Å². The standard InChI is InChI=1S/C24H22/c1-17(2)21-12-6-7-13-22(21)23-14-8-11-19-15-20(16-24(19)23)18-9-4-3-5-10-18/h3-14,16-17H,15H2,1-2H3. The quantitative estimate of drug-likeness (QED) is 0.513. The van der Waals surface area contributed by atoms with Crippen LogP contribution in [0.15, 0.2) is 72.8 Å². The fourth-order valence-electron chi connectivity index (χ4n) is 3.69. The molecule has 118 valence electrons. The second-order valence-corrected chi connectivity index (χ2v) is 6.83. The SMILES string of the molecule is CC(C)c1ccccc1-c1cccc2c1C=C(c1ccccc1)C2. The second-order valence-electron chi connectivity index (χ2n) is 6.83. The van der Waals surface area contributed by atoms with Crippen LogP contribution in [0, 0.1) is 0 Å². The van der Waals surface area contributed by atoms with Crippen LogP contribution in [0.2, 0.25) is 0 Å². The van der Waals surface area contributed by atoms with E-state index in [0.717, 1.165) is 6.42 Å². The highest BCUT2D eigenvalue weighted by molar-refractivity contribution is 5.94. The largest absolute Gasteiger partial charge is 0.0622 e. The van der Waals surface area contributed by atoms with Gasteiger partial charge < -0.3 is 0 Å². The van der Waals surface area contributed by atoms with Gasteiger partial charge in [0.05, 0.1) is 0 Å². The predicted octanol–water partition coefficient (Wildman–Crippen LogP) is 6.57. The van der Waals surface area contributed by atoms with Gasteiger partial charge in [0.15, 0.2) is 0 Å². The molecule has 0 N–H and O–H groups in total. The topological polar surface area (TPSA) is 0 Å². The third-order valence-corrected chi connectivity index (χ3v) is 4.91. The van der Waals surface area contributed by atoms with Crippen LogP contribution >= 0.6 is 0 Å². The molecule has 0 heterocycles. The lowest BCUT2D eigenvalue weighted by Gasteiger charge is -2.15. The van der Waals surface area contributed by atoms with Crippen molar-refractivity contribution < 1.29 is 0 Å². The van der Waals surface area contributed by atoms with Crippen molar-refractivity contribution in [2.24, 2.45) is 0 Å². The van der Waals surface area contributed by atoms with E-state index in [1.54, 1.807) is 0 Å². The number of hydrogen-bond donors (Lipinski definition) is 0. The number of hydrogen-bond acceptors (Lipinski definition) is 0. The van der Waals surface area contributed by atoms with Gasteiger partial charge in [-0.25, -0.2) is 0 Å². The van der Waals surface area contributed by atoms with E-state index in [2.05, 4.69) is 92.7 Å². The van der Waals surface area contributed by atoms with Crippen molar-refractivity contribution in [1.29, 1.82) is 0 Å². The second kappa shape index (κ2) is 6.13. The Morgan fingerprint density at radius 2 is 1.42 bits per heavy atom. The predicted molar refractivity (Wildman–Crippen MR) is 104 cm³/mol. The fourth-order valence-corrected chi connectivity index (χ4v) is 3.69. The normalized spacial score (nSPS) is 13.0. The van der Waals surface area contributed by atoms with Crippen LogP contribution in [0.1, 0.15) is 42.0 Å². The molecule has 1 aliphatic rings. The summed E-state index contributed by atoms with van der Waals surface area (Å²) in [5, 5.41) is 0. The van der Waals surface area contributed by atoms with E-state index >= 15 is 0 Å². The van der Waals surface area contributed by atoms with Crippen LogP contribution in [0.3, 0.4) is 0 Å². The van der Waals surface area contributed by atoms with Gasteiger partial charge in [0, 0.05) is 0 Å². The monoisotopic (exact) mass is 310 g/mol.